The summed E-state index contributed by atoms with van der Waals surface area (Å²) in [4.78, 5) is 17.7. The Labute approximate surface area is 151 Å². The molecule has 124 valence electrons. The van der Waals surface area contributed by atoms with Gasteiger partial charge in [0, 0.05) is 22.2 Å². The zero-order valence-corrected chi connectivity index (χ0v) is 14.8. The number of nitrogens with zero attached hydrogens (tertiary/aromatic N) is 1. The van der Waals surface area contributed by atoms with Gasteiger partial charge in [-0.05, 0) is 42.2 Å². The normalized spacial score (nSPS) is 10.0. The zero-order chi connectivity index (χ0) is 16.1. The number of rotatable bonds is 4. The van der Waals surface area contributed by atoms with E-state index >= 15 is 0 Å². The van der Waals surface area contributed by atoms with Gasteiger partial charge >= 0.3 is 6.03 Å². The fourth-order valence-corrected chi connectivity index (χ4v) is 2.95. The van der Waals surface area contributed by atoms with Crippen LogP contribution in [0.3, 0.4) is 0 Å². The number of halogens is 1. The van der Waals surface area contributed by atoms with Gasteiger partial charge in [-0.2, -0.15) is 0 Å². The summed E-state index contributed by atoms with van der Waals surface area (Å²) in [6, 6.07) is 17.1. The van der Waals surface area contributed by atoms with Gasteiger partial charge in [-0.1, -0.05) is 25.1 Å². The van der Waals surface area contributed by atoms with E-state index in [2.05, 4.69) is 22.5 Å². The summed E-state index contributed by atoms with van der Waals surface area (Å²) < 4.78 is 0. The minimum Gasteiger partial charge on any atom is -0.308 e. The summed E-state index contributed by atoms with van der Waals surface area (Å²) in [5.41, 5.74) is 2.36. The Kier molecular flexibility index (Phi) is 6.46. The van der Waals surface area contributed by atoms with Crippen LogP contribution in [0.5, 0.6) is 0 Å². The van der Waals surface area contributed by atoms with Crippen molar-refractivity contribution >= 4 is 52.5 Å². The molecule has 2 amide bonds. The second-order valence-corrected chi connectivity index (χ2v) is 6.25. The number of aromatic nitrogens is 1. The van der Waals surface area contributed by atoms with Crippen LogP contribution in [-0.2, 0) is 0 Å². The highest BCUT2D eigenvalue weighted by Gasteiger charge is 2.06. The maximum atomic E-state index is 12.2. The second kappa shape index (κ2) is 8.57. The maximum absolute atomic E-state index is 12.2. The molecule has 24 heavy (non-hydrogen) atoms. The number of hydrogen-bond donors (Lipinski definition) is 2. The zero-order valence-electron chi connectivity index (χ0n) is 13.2. The summed E-state index contributed by atoms with van der Waals surface area (Å²) in [7, 11) is 0. The second-order valence-electron chi connectivity index (χ2n) is 4.91. The lowest BCUT2D eigenvalue weighted by molar-refractivity contribution is 0.262. The highest BCUT2D eigenvalue weighted by Crippen LogP contribution is 2.22. The Morgan fingerprint density at radius 1 is 1.04 bits per heavy atom. The first-order valence-corrected chi connectivity index (χ1v) is 8.39. The summed E-state index contributed by atoms with van der Waals surface area (Å²) in [5.74, 6) is 1.03. The standard InChI is InChI=1S/C18H17N3OS.ClH/c1-2-23-14-9-7-13(8-10-14)20-18(22)21-17-11-12-19-16-6-4-3-5-15(16)17;/h3-12H,2H2,1H3,(H2,19,20,21,22);1H. The van der Waals surface area contributed by atoms with Crippen LogP contribution in [0.15, 0.2) is 65.7 Å². The molecular formula is C18H18ClN3OS. The van der Waals surface area contributed by atoms with Gasteiger partial charge in [0.1, 0.15) is 0 Å². The first-order chi connectivity index (χ1) is 11.3. The Balaban J connectivity index is 0.00000208. The number of nitrogens with one attached hydrogen (secondary N) is 2. The largest absolute Gasteiger partial charge is 0.323 e. The Bertz CT molecular complexity index is 819. The first kappa shape index (κ1) is 18.1. The SMILES string of the molecule is CCSc1ccc(NC(=O)Nc2ccnc3ccccc23)cc1.Cl. The highest BCUT2D eigenvalue weighted by atomic mass is 35.5. The Morgan fingerprint density at radius 2 is 1.79 bits per heavy atom. The molecule has 1 aromatic heterocycles. The van der Waals surface area contributed by atoms with E-state index in [-0.39, 0.29) is 18.4 Å². The van der Waals surface area contributed by atoms with Crippen LogP contribution < -0.4 is 10.6 Å². The van der Waals surface area contributed by atoms with Crippen molar-refractivity contribution in [3.05, 3.63) is 60.8 Å². The number of para-hydroxylation sites is 1. The van der Waals surface area contributed by atoms with Crippen LogP contribution in [0.4, 0.5) is 16.2 Å². The van der Waals surface area contributed by atoms with Crippen molar-refractivity contribution in [3.8, 4) is 0 Å². The van der Waals surface area contributed by atoms with Crippen LogP contribution in [0.1, 0.15) is 6.92 Å². The molecule has 0 aliphatic rings. The van der Waals surface area contributed by atoms with Crippen molar-refractivity contribution in [2.75, 3.05) is 16.4 Å². The molecule has 0 spiro atoms. The molecular weight excluding hydrogens is 342 g/mol. The third-order valence-electron chi connectivity index (χ3n) is 3.32. The number of anilines is 2. The molecule has 0 aliphatic heterocycles. The first-order valence-electron chi connectivity index (χ1n) is 7.41. The number of carbonyl (C=O) groups excluding carboxylic acids is 1. The van der Waals surface area contributed by atoms with E-state index in [4.69, 9.17) is 0 Å². The Morgan fingerprint density at radius 3 is 2.54 bits per heavy atom. The third-order valence-corrected chi connectivity index (χ3v) is 4.21. The van der Waals surface area contributed by atoms with Crippen LogP contribution in [0.2, 0.25) is 0 Å². The van der Waals surface area contributed by atoms with Crippen LogP contribution in [-0.4, -0.2) is 16.8 Å². The number of thioether (sulfide) groups is 1. The molecule has 0 bridgehead atoms. The minimum atomic E-state index is -0.266. The molecule has 3 rings (SSSR count). The number of benzene rings is 2. The van der Waals surface area contributed by atoms with Gasteiger partial charge < -0.3 is 10.6 Å². The van der Waals surface area contributed by atoms with Crippen LogP contribution in [0.25, 0.3) is 10.9 Å². The lowest BCUT2D eigenvalue weighted by Gasteiger charge is -2.10. The van der Waals surface area contributed by atoms with E-state index in [0.29, 0.717) is 0 Å². The Hall–Kier alpha value is -2.24. The van der Waals surface area contributed by atoms with Crippen molar-refractivity contribution < 1.29 is 4.79 Å². The van der Waals surface area contributed by atoms with Gasteiger partial charge in [0.05, 0.1) is 11.2 Å². The lowest BCUT2D eigenvalue weighted by Crippen LogP contribution is -2.19. The molecule has 0 saturated carbocycles. The molecule has 0 radical (unpaired) electrons. The lowest BCUT2D eigenvalue weighted by atomic mass is 10.2. The van der Waals surface area contributed by atoms with Crippen molar-refractivity contribution in [1.29, 1.82) is 0 Å². The number of urea groups is 1. The van der Waals surface area contributed by atoms with E-state index < -0.39 is 0 Å². The number of amides is 2. The molecule has 2 N–H and O–H groups in total. The van der Waals surface area contributed by atoms with E-state index in [1.54, 1.807) is 24.0 Å². The molecule has 0 unspecified atom stereocenters. The van der Waals surface area contributed by atoms with Gasteiger partial charge in [-0.25, -0.2) is 4.79 Å². The summed E-state index contributed by atoms with van der Waals surface area (Å²) in [6.45, 7) is 2.11. The predicted octanol–water partition coefficient (Wildman–Crippen LogP) is 5.41. The molecule has 3 aromatic rings. The smallest absolute Gasteiger partial charge is 0.308 e. The van der Waals surface area contributed by atoms with E-state index in [1.807, 2.05) is 48.5 Å². The molecule has 0 fully saturated rings. The van der Waals surface area contributed by atoms with Crippen molar-refractivity contribution in [1.82, 2.24) is 4.98 Å². The van der Waals surface area contributed by atoms with Crippen molar-refractivity contribution in [3.63, 3.8) is 0 Å². The number of fused-ring (bicyclic) bond motifs is 1. The summed E-state index contributed by atoms with van der Waals surface area (Å²) >= 11 is 1.77. The fourth-order valence-electron chi connectivity index (χ4n) is 2.29. The van der Waals surface area contributed by atoms with E-state index in [1.165, 1.54) is 4.90 Å². The van der Waals surface area contributed by atoms with Gasteiger partial charge in [0.15, 0.2) is 0 Å². The van der Waals surface area contributed by atoms with Gasteiger partial charge in [-0.3, -0.25) is 4.98 Å². The predicted molar refractivity (Wildman–Crippen MR) is 104 cm³/mol. The molecule has 0 atom stereocenters. The average Bonchev–Trinajstić information content (AvgIpc) is 2.57. The quantitative estimate of drug-likeness (QED) is 0.612. The van der Waals surface area contributed by atoms with E-state index in [9.17, 15) is 4.79 Å². The maximum Gasteiger partial charge on any atom is 0.323 e. The van der Waals surface area contributed by atoms with Gasteiger partial charge in [0.2, 0.25) is 0 Å². The van der Waals surface area contributed by atoms with Crippen LogP contribution >= 0.6 is 24.2 Å². The highest BCUT2D eigenvalue weighted by molar-refractivity contribution is 7.99. The van der Waals surface area contributed by atoms with Crippen molar-refractivity contribution in [2.24, 2.45) is 0 Å². The summed E-state index contributed by atoms with van der Waals surface area (Å²) in [6.07, 6.45) is 1.69. The van der Waals surface area contributed by atoms with E-state index in [0.717, 1.165) is 28.0 Å². The van der Waals surface area contributed by atoms with Crippen molar-refractivity contribution in [2.45, 2.75) is 11.8 Å². The molecule has 0 aliphatic carbocycles. The number of carbonyl (C=O) groups is 1. The number of pyridine rings is 1. The van der Waals surface area contributed by atoms with Gasteiger partial charge in [-0.15, -0.1) is 24.2 Å². The van der Waals surface area contributed by atoms with Gasteiger partial charge in [0.25, 0.3) is 0 Å². The topological polar surface area (TPSA) is 54.0 Å². The summed E-state index contributed by atoms with van der Waals surface area (Å²) in [5, 5.41) is 6.64. The fraction of sp³-hybridized carbons (Fsp3) is 0.111. The van der Waals surface area contributed by atoms with Crippen LogP contribution in [0, 0.1) is 0 Å². The molecule has 2 aromatic carbocycles. The molecule has 4 nitrogen and oxygen atoms in total. The molecule has 0 saturated heterocycles. The third kappa shape index (κ3) is 4.40. The average molecular weight is 360 g/mol. The minimum absolute atomic E-state index is 0. The molecule has 1 heterocycles. The monoisotopic (exact) mass is 359 g/mol. The molecule has 6 heteroatoms. The number of hydrogen-bond acceptors (Lipinski definition) is 3.